The molecule has 9 rings (SSSR count). The number of anilines is 2. The quantitative estimate of drug-likeness (QED) is 0.0991. The molecule has 80 heavy (non-hydrogen) atoms. The maximum absolute atomic E-state index is 6.11. The van der Waals surface area contributed by atoms with Crippen molar-refractivity contribution in [2.24, 2.45) is 4.99 Å². The molecule has 6 aromatic rings. The smallest absolute Gasteiger partial charge is 0.161 e. The minimum Gasteiger partial charge on any atom is -0.493 e. The summed E-state index contributed by atoms with van der Waals surface area (Å²) < 4.78 is 19.3. The Hall–Kier alpha value is -6.95. The molecule has 0 amide bonds. The molecule has 2 saturated heterocycles. The van der Waals surface area contributed by atoms with Gasteiger partial charge in [-0.15, -0.1) is 0 Å². The van der Waals surface area contributed by atoms with Crippen LogP contribution in [0, 0.1) is 34.3 Å². The lowest BCUT2D eigenvalue weighted by atomic mass is 10.1. The van der Waals surface area contributed by atoms with Crippen LogP contribution in [0.4, 0.5) is 17.1 Å². The van der Waals surface area contributed by atoms with E-state index in [2.05, 4.69) is 132 Å². The van der Waals surface area contributed by atoms with E-state index in [0.717, 1.165) is 143 Å². The number of aromatic nitrogens is 3. The number of benzene rings is 4. The van der Waals surface area contributed by atoms with E-state index >= 15 is 0 Å². The highest BCUT2D eigenvalue weighted by Crippen LogP contribution is 2.32. The largest absolute Gasteiger partial charge is 0.493 e. The fourth-order valence-corrected chi connectivity index (χ4v) is 8.25. The van der Waals surface area contributed by atoms with E-state index in [1.807, 2.05) is 135 Å². The average Bonchev–Trinajstić information content (AvgIpc) is 4.17. The number of aliphatic imine (C=N–C) groups is 1. The summed E-state index contributed by atoms with van der Waals surface area (Å²) in [5.74, 6) is 2.35. The van der Waals surface area contributed by atoms with Gasteiger partial charge in [-0.05, 0) is 130 Å². The zero-order chi connectivity index (χ0) is 59.6. The first-order chi connectivity index (χ1) is 38.9. The van der Waals surface area contributed by atoms with E-state index in [1.54, 1.807) is 21.0 Å². The van der Waals surface area contributed by atoms with Crippen LogP contribution in [-0.2, 0) is 26.0 Å². The molecule has 0 saturated carbocycles. The summed E-state index contributed by atoms with van der Waals surface area (Å²) in [6.45, 7) is 54.9. The first-order valence-corrected chi connectivity index (χ1v) is 28.5. The molecule has 431 valence electrons. The number of hydrogen-bond donors (Lipinski definition) is 0. The summed E-state index contributed by atoms with van der Waals surface area (Å²) in [6.07, 6.45) is 13.8. The van der Waals surface area contributed by atoms with Crippen LogP contribution in [0.2, 0.25) is 0 Å². The molecule has 4 aromatic carbocycles. The second kappa shape index (κ2) is 38.6. The van der Waals surface area contributed by atoms with Crippen molar-refractivity contribution in [3.05, 3.63) is 207 Å². The Kier molecular flexibility index (Phi) is 33.4. The normalized spacial score (nSPS) is 13.6. The average molecular weight is 1090 g/mol. The van der Waals surface area contributed by atoms with Crippen molar-refractivity contribution in [3.8, 4) is 17.2 Å². The molecule has 0 atom stereocenters. The minimum absolute atomic E-state index is 0.508. The number of fused-ring (bicyclic) bond motifs is 2. The Morgan fingerprint density at radius 2 is 1.35 bits per heavy atom. The predicted molar refractivity (Wildman–Crippen MR) is 345 cm³/mol. The van der Waals surface area contributed by atoms with Crippen molar-refractivity contribution in [1.82, 2.24) is 24.3 Å². The topological polar surface area (TPSA) is 83.7 Å². The van der Waals surface area contributed by atoms with Crippen LogP contribution < -0.4 is 24.0 Å². The Balaban J connectivity index is 0.000000401. The highest BCUT2D eigenvalue weighted by molar-refractivity contribution is 5.78. The highest BCUT2D eigenvalue weighted by atomic mass is 16.5. The second-order valence-electron chi connectivity index (χ2n) is 18.1. The number of methoxy groups -OCH3 is 1. The Morgan fingerprint density at radius 1 is 0.700 bits per heavy atom. The van der Waals surface area contributed by atoms with E-state index in [0.29, 0.717) is 19.8 Å². The van der Waals surface area contributed by atoms with Crippen LogP contribution in [0.25, 0.3) is 11.2 Å². The van der Waals surface area contributed by atoms with E-state index < -0.39 is 0 Å². The van der Waals surface area contributed by atoms with Gasteiger partial charge >= 0.3 is 0 Å². The molecule has 5 radical (unpaired) electrons. The number of pyridine rings is 1. The summed E-state index contributed by atoms with van der Waals surface area (Å²) in [7, 11) is 5.93. The number of allylic oxidation sites excluding steroid dienone is 3. The van der Waals surface area contributed by atoms with Crippen molar-refractivity contribution in [2.45, 2.75) is 102 Å². The van der Waals surface area contributed by atoms with Crippen molar-refractivity contribution >= 4 is 34.4 Å². The zero-order valence-corrected chi connectivity index (χ0v) is 51.4. The van der Waals surface area contributed by atoms with Crippen LogP contribution in [0.3, 0.4) is 0 Å². The van der Waals surface area contributed by atoms with Gasteiger partial charge < -0.3 is 33.5 Å². The third kappa shape index (κ3) is 21.9. The molecule has 0 aliphatic carbocycles. The number of nitrogens with zero attached hydrogens (tertiary/aromatic N) is 8. The summed E-state index contributed by atoms with van der Waals surface area (Å²) in [6, 6.07) is 28.8. The van der Waals surface area contributed by atoms with Gasteiger partial charge in [0.15, 0.2) is 17.1 Å². The van der Waals surface area contributed by atoms with Crippen LogP contribution >= 0.6 is 0 Å². The number of aryl methyl sites for hydroxylation is 1. The molecule has 3 aliphatic heterocycles. The first-order valence-electron chi connectivity index (χ1n) is 28.5. The molecule has 2 aromatic heterocycles. The molecule has 3 aliphatic rings. The fraction of sp³-hybridized carbons (Fsp3) is 0.377. The molecule has 0 unspecified atom stereocenters. The minimum atomic E-state index is 0.508. The highest BCUT2D eigenvalue weighted by Gasteiger charge is 2.20. The number of ether oxygens (including phenoxy) is 3. The van der Waals surface area contributed by atoms with Crippen LogP contribution in [-0.4, -0.2) is 104 Å². The van der Waals surface area contributed by atoms with Gasteiger partial charge in [0.2, 0.25) is 0 Å². The summed E-state index contributed by atoms with van der Waals surface area (Å²) in [5, 5.41) is 0. The maximum Gasteiger partial charge on any atom is 0.161 e. The van der Waals surface area contributed by atoms with Gasteiger partial charge in [0.05, 0.1) is 37.6 Å². The lowest BCUT2D eigenvalue weighted by Crippen LogP contribution is -2.44. The zero-order valence-electron chi connectivity index (χ0n) is 51.4. The summed E-state index contributed by atoms with van der Waals surface area (Å²) in [4.78, 5) is 22.9. The van der Waals surface area contributed by atoms with Crippen LogP contribution in [0.1, 0.15) is 110 Å². The van der Waals surface area contributed by atoms with Gasteiger partial charge in [-0.2, -0.15) is 0 Å². The molecule has 5 heterocycles. The summed E-state index contributed by atoms with van der Waals surface area (Å²) >= 11 is 0. The number of piperazine rings is 2. The third-order valence-electron chi connectivity index (χ3n) is 12.6. The number of likely N-dealkylation sites (N-methyl/N-ethyl adjacent to an activating group) is 2. The van der Waals surface area contributed by atoms with Crippen LogP contribution in [0.5, 0.6) is 17.2 Å². The van der Waals surface area contributed by atoms with Gasteiger partial charge in [-0.25, -0.2) is 9.97 Å². The van der Waals surface area contributed by atoms with Crippen molar-refractivity contribution < 1.29 is 14.2 Å². The van der Waals surface area contributed by atoms with E-state index in [1.165, 1.54) is 11.1 Å². The fourth-order valence-electron chi connectivity index (χ4n) is 8.25. The van der Waals surface area contributed by atoms with Crippen molar-refractivity contribution in [1.29, 1.82) is 0 Å². The first kappa shape index (κ1) is 69.2. The standard InChI is InChI=1S/C27H29N5O.C18H24O2.C14H16N3.3C2H6.2C2H5/c1-20-4-6-22(7-5-20)18-33-26-9-8-23(14-21(26)2)17-32-19-29-25-15-24(16-28-27(25)32)31-12-10-30(3)11-13-31;1-6-15-10-11-17(18(12-15)19-5)20-13-16(7-2)9-8-14(3)4;1-11-10-16(2)7-8-17(11)13-4-3-12-5-6-15-14(12)9-13;5*1-2/h4-9,14-16,19H,1-2,10-13,17-18H2,3H3;7-12H,3,6,13H2,1-2,4-5H3;1,3-4,6,9H,5,7-8,10H2,2H3;3*1-2H3;2*1H2,2H3/b;9-8-,16-7+;;;;;;. The molecular formula is C69H97N8O3. The lowest BCUT2D eigenvalue weighted by Gasteiger charge is -2.35. The third-order valence-corrected chi connectivity index (χ3v) is 12.6. The Labute approximate surface area is 485 Å². The lowest BCUT2D eigenvalue weighted by molar-refractivity contribution is 0.305. The molecule has 0 bridgehead atoms. The van der Waals surface area contributed by atoms with Gasteiger partial charge in [-0.3, -0.25) is 9.89 Å². The van der Waals surface area contributed by atoms with Crippen molar-refractivity contribution in [2.75, 3.05) is 83.4 Å². The van der Waals surface area contributed by atoms with Gasteiger partial charge in [-0.1, -0.05) is 155 Å². The van der Waals surface area contributed by atoms with Crippen molar-refractivity contribution in [3.63, 3.8) is 0 Å². The monoisotopic (exact) mass is 1090 g/mol. The molecule has 0 spiro atoms. The number of hydrogen-bond acceptors (Lipinski definition) is 10. The number of rotatable bonds is 14. The van der Waals surface area contributed by atoms with Gasteiger partial charge in [0, 0.05) is 69.8 Å². The number of imidazole rings is 1. The summed E-state index contributed by atoms with van der Waals surface area (Å²) in [5.41, 5.74) is 14.9. The Morgan fingerprint density at radius 3 is 1.98 bits per heavy atom. The van der Waals surface area contributed by atoms with Gasteiger partial charge in [0.1, 0.15) is 24.5 Å². The van der Waals surface area contributed by atoms with Crippen LogP contribution in [0.15, 0.2) is 144 Å². The maximum atomic E-state index is 6.11. The molecule has 2 fully saturated rings. The van der Waals surface area contributed by atoms with E-state index in [9.17, 15) is 0 Å². The SMILES string of the molecule is C=C(C)/C=C\C(=C/C)COc1ccc(CC)cc1OC.CC.CC.CC.[CH2]C.[CH2]C.[CH2]c1ccc(COc2ccc(Cn3cnc4cc(N5CCN(C)CC5)cnc43)cc2[CH2])cc1.[CH]=C1CN(C)CCN1c1ccc2c(c1)N=CC2. The molecule has 11 nitrogen and oxygen atoms in total. The predicted octanol–water partition coefficient (Wildman–Crippen LogP) is 15.7. The van der Waals surface area contributed by atoms with E-state index in [4.69, 9.17) is 25.8 Å². The van der Waals surface area contributed by atoms with Gasteiger partial charge in [0.25, 0.3) is 0 Å². The van der Waals surface area contributed by atoms with E-state index in [-0.39, 0.29) is 0 Å². The second-order valence-corrected chi connectivity index (χ2v) is 18.1. The Bertz CT molecular complexity index is 2820. The molecule has 11 heteroatoms. The molecular weight excluding hydrogens is 989 g/mol. The molecule has 0 N–H and O–H groups in total.